The van der Waals surface area contributed by atoms with Crippen molar-refractivity contribution in [1.29, 1.82) is 0 Å². The van der Waals surface area contributed by atoms with Crippen LogP contribution in [0.2, 0.25) is 0 Å². The monoisotopic (exact) mass is 342 g/mol. The van der Waals surface area contributed by atoms with Crippen LogP contribution in [0.25, 0.3) is 0 Å². The Kier molecular flexibility index (Phi) is 6.26. The van der Waals surface area contributed by atoms with Crippen LogP contribution in [0.15, 0.2) is 18.2 Å². The third kappa shape index (κ3) is 5.42. The van der Waals surface area contributed by atoms with Crippen molar-refractivity contribution in [2.45, 2.75) is 65.0 Å². The van der Waals surface area contributed by atoms with Crippen LogP contribution in [-0.4, -0.2) is 23.2 Å². The normalized spacial score (nSPS) is 16.9. The summed E-state index contributed by atoms with van der Waals surface area (Å²) in [5.41, 5.74) is 2.31. The molecule has 0 amide bonds. The van der Waals surface area contributed by atoms with Gasteiger partial charge in [-0.25, -0.2) is 0 Å². The maximum atomic E-state index is 12.4. The molecular weight excluding hydrogens is 311 g/mol. The summed E-state index contributed by atoms with van der Waals surface area (Å²) >= 11 is 0. The molecule has 0 aromatic heterocycles. The molecule has 0 heterocycles. The minimum Gasteiger partial charge on any atom is -0.394 e. The smallest absolute Gasteiger partial charge is 0.335 e. The zero-order valence-electron chi connectivity index (χ0n) is 15.4. The third-order valence-corrected chi connectivity index (χ3v) is 5.86. The van der Waals surface area contributed by atoms with E-state index in [1.54, 1.807) is 6.92 Å². The molecular formula is C18H31O4P. The van der Waals surface area contributed by atoms with Crippen molar-refractivity contribution in [3.05, 3.63) is 34.9 Å². The molecule has 2 N–H and O–H groups in total. The van der Waals surface area contributed by atoms with Crippen LogP contribution >= 0.6 is 7.60 Å². The van der Waals surface area contributed by atoms with Crippen molar-refractivity contribution >= 4 is 7.60 Å². The van der Waals surface area contributed by atoms with Crippen LogP contribution in [-0.2, 0) is 19.9 Å². The molecule has 1 rings (SSSR count). The molecule has 0 aliphatic rings. The zero-order chi connectivity index (χ0) is 18.1. The highest BCUT2D eigenvalue weighted by Crippen LogP contribution is 2.56. The molecule has 132 valence electrons. The average molecular weight is 342 g/mol. The highest BCUT2D eigenvalue weighted by Gasteiger charge is 2.32. The average Bonchev–Trinajstić information content (AvgIpc) is 2.42. The van der Waals surface area contributed by atoms with Crippen LogP contribution < -0.4 is 0 Å². The summed E-state index contributed by atoms with van der Waals surface area (Å²) < 4.78 is 17.4. The lowest BCUT2D eigenvalue weighted by Gasteiger charge is -2.28. The highest BCUT2D eigenvalue weighted by atomic mass is 31.2. The first-order chi connectivity index (χ1) is 10.3. The molecule has 0 radical (unpaired) electrons. The second-order valence-electron chi connectivity index (χ2n) is 8.14. The van der Waals surface area contributed by atoms with Gasteiger partial charge in [0, 0.05) is 0 Å². The first kappa shape index (κ1) is 20.4. The van der Waals surface area contributed by atoms with Gasteiger partial charge >= 0.3 is 7.60 Å². The molecule has 0 bridgehead atoms. The first-order valence-corrected chi connectivity index (χ1v) is 9.67. The summed E-state index contributed by atoms with van der Waals surface area (Å²) in [7, 11) is -3.83. The predicted octanol–water partition coefficient (Wildman–Crippen LogP) is 4.54. The predicted molar refractivity (Wildman–Crippen MR) is 95.1 cm³/mol. The summed E-state index contributed by atoms with van der Waals surface area (Å²) in [6.07, 6.45) is 0. The summed E-state index contributed by atoms with van der Waals surface area (Å²) in [5, 5.41) is 8.83. The van der Waals surface area contributed by atoms with Gasteiger partial charge in [0.2, 0.25) is 0 Å². The van der Waals surface area contributed by atoms with Crippen LogP contribution in [0, 0.1) is 0 Å². The van der Waals surface area contributed by atoms with Gasteiger partial charge in [-0.3, -0.25) is 4.57 Å². The molecule has 1 unspecified atom stereocenters. The summed E-state index contributed by atoms with van der Waals surface area (Å²) in [4.78, 5) is 10.2. The number of aliphatic hydroxyl groups excluding tert-OH is 1. The fourth-order valence-electron chi connectivity index (χ4n) is 2.23. The van der Waals surface area contributed by atoms with E-state index in [-0.39, 0.29) is 24.0 Å². The second-order valence-corrected chi connectivity index (χ2v) is 10.3. The van der Waals surface area contributed by atoms with Gasteiger partial charge in [0.05, 0.1) is 18.9 Å². The van der Waals surface area contributed by atoms with Gasteiger partial charge in [0.1, 0.15) is 0 Å². The Hall–Kier alpha value is -0.670. The third-order valence-electron chi connectivity index (χ3n) is 4.03. The van der Waals surface area contributed by atoms with E-state index in [0.29, 0.717) is 0 Å². The largest absolute Gasteiger partial charge is 0.394 e. The van der Waals surface area contributed by atoms with Gasteiger partial charge in [0.25, 0.3) is 0 Å². The standard InChI is InChI=1S/C18H31O4P/c1-13(23(20,21)22-9-8-19)14-10-15(17(2,3)4)12-16(11-14)18(5,6)7/h10-13,19H,8-9H2,1-7H3,(H,20,21)/t13-/m1/s1. The van der Waals surface area contributed by atoms with Crippen LogP contribution in [0.3, 0.4) is 0 Å². The lowest BCUT2D eigenvalue weighted by atomic mass is 9.79. The van der Waals surface area contributed by atoms with E-state index in [4.69, 9.17) is 9.63 Å². The maximum Gasteiger partial charge on any atom is 0.335 e. The van der Waals surface area contributed by atoms with Crippen LogP contribution in [0.1, 0.15) is 70.8 Å². The van der Waals surface area contributed by atoms with Gasteiger partial charge in [-0.05, 0) is 34.4 Å². The first-order valence-electron chi connectivity index (χ1n) is 8.03. The maximum absolute atomic E-state index is 12.4. The number of hydrogen-bond donors (Lipinski definition) is 2. The molecule has 0 spiro atoms. The van der Waals surface area contributed by atoms with E-state index in [1.165, 1.54) is 0 Å². The molecule has 5 heteroatoms. The van der Waals surface area contributed by atoms with E-state index in [1.807, 2.05) is 12.1 Å². The molecule has 1 aromatic carbocycles. The molecule has 0 saturated heterocycles. The van der Waals surface area contributed by atoms with Gasteiger partial charge < -0.3 is 14.5 Å². The van der Waals surface area contributed by atoms with Gasteiger partial charge in [-0.1, -0.05) is 59.7 Å². The van der Waals surface area contributed by atoms with Gasteiger partial charge in [-0.15, -0.1) is 0 Å². The Morgan fingerprint density at radius 2 is 1.48 bits per heavy atom. The van der Waals surface area contributed by atoms with Gasteiger partial charge in [-0.2, -0.15) is 0 Å². The topological polar surface area (TPSA) is 66.8 Å². The van der Waals surface area contributed by atoms with E-state index in [2.05, 4.69) is 47.6 Å². The fraction of sp³-hybridized carbons (Fsp3) is 0.667. The summed E-state index contributed by atoms with van der Waals surface area (Å²) in [6, 6.07) is 6.16. The molecule has 23 heavy (non-hydrogen) atoms. The molecule has 0 saturated carbocycles. The minimum atomic E-state index is -3.83. The summed E-state index contributed by atoms with van der Waals surface area (Å²) in [5.74, 6) is 0. The van der Waals surface area contributed by atoms with Crippen molar-refractivity contribution in [2.75, 3.05) is 13.2 Å². The van der Waals surface area contributed by atoms with Crippen molar-refractivity contribution in [2.24, 2.45) is 0 Å². The van der Waals surface area contributed by atoms with Crippen molar-refractivity contribution in [1.82, 2.24) is 0 Å². The Morgan fingerprint density at radius 1 is 1.04 bits per heavy atom. The van der Waals surface area contributed by atoms with Crippen molar-refractivity contribution < 1.29 is 19.1 Å². The van der Waals surface area contributed by atoms with Crippen molar-refractivity contribution in [3.8, 4) is 0 Å². The Morgan fingerprint density at radius 3 is 1.83 bits per heavy atom. The second kappa shape index (κ2) is 7.06. The molecule has 0 fully saturated rings. The molecule has 1 aromatic rings. The Labute approximate surface area is 140 Å². The number of aliphatic hydroxyl groups is 1. The minimum absolute atomic E-state index is 0.0544. The lowest BCUT2D eigenvalue weighted by Crippen LogP contribution is -2.17. The molecule has 2 atom stereocenters. The van der Waals surface area contributed by atoms with E-state index in [0.717, 1.165) is 16.7 Å². The Bertz CT molecular complexity index is 549. The number of rotatable bonds is 5. The fourth-order valence-corrected chi connectivity index (χ4v) is 3.32. The lowest BCUT2D eigenvalue weighted by molar-refractivity contribution is 0.180. The Balaban J connectivity index is 3.38. The summed E-state index contributed by atoms with van der Waals surface area (Å²) in [6.45, 7) is 14.1. The molecule has 0 aliphatic heterocycles. The van der Waals surface area contributed by atoms with Crippen LogP contribution in [0.4, 0.5) is 0 Å². The van der Waals surface area contributed by atoms with Crippen molar-refractivity contribution in [3.63, 3.8) is 0 Å². The quantitative estimate of drug-likeness (QED) is 0.771. The number of hydrogen-bond acceptors (Lipinski definition) is 3. The molecule has 4 nitrogen and oxygen atoms in total. The van der Waals surface area contributed by atoms with Crippen LogP contribution in [0.5, 0.6) is 0 Å². The van der Waals surface area contributed by atoms with Gasteiger partial charge in [0.15, 0.2) is 0 Å². The van der Waals surface area contributed by atoms with E-state index < -0.39 is 13.3 Å². The van der Waals surface area contributed by atoms with E-state index >= 15 is 0 Å². The highest BCUT2D eigenvalue weighted by molar-refractivity contribution is 7.53. The zero-order valence-corrected chi connectivity index (χ0v) is 16.3. The molecule has 0 aliphatic carbocycles. The van der Waals surface area contributed by atoms with E-state index in [9.17, 15) is 9.46 Å². The SMILES string of the molecule is C[C@H](c1cc(C(C)(C)C)cc(C(C)(C)C)c1)P(=O)(O)OCCO. The number of benzene rings is 1.